The third kappa shape index (κ3) is 5.94. The number of para-hydroxylation sites is 1. The van der Waals surface area contributed by atoms with E-state index in [1.54, 1.807) is 4.90 Å². The van der Waals surface area contributed by atoms with E-state index in [9.17, 15) is 31.2 Å². The van der Waals surface area contributed by atoms with Gasteiger partial charge in [0.05, 0.1) is 26.7 Å². The van der Waals surface area contributed by atoms with Crippen LogP contribution in [-0.4, -0.2) is 32.9 Å². The highest BCUT2D eigenvalue weighted by atomic mass is 35.5. The lowest BCUT2D eigenvalue weighted by Crippen LogP contribution is -2.42. The van der Waals surface area contributed by atoms with Gasteiger partial charge in [0.2, 0.25) is 0 Å². The predicted octanol–water partition coefficient (Wildman–Crippen LogP) is 5.68. The maximum absolute atomic E-state index is 13.1. The van der Waals surface area contributed by atoms with Crippen LogP contribution in [0.25, 0.3) is 0 Å². The molecule has 1 heterocycles. The van der Waals surface area contributed by atoms with Gasteiger partial charge in [-0.3, -0.25) is 9.52 Å². The van der Waals surface area contributed by atoms with E-state index in [1.807, 2.05) is 29.0 Å². The molecule has 3 aromatic carbocycles. The monoisotopic (exact) mass is 566 g/mol. The summed E-state index contributed by atoms with van der Waals surface area (Å²) >= 11 is 5.90. The van der Waals surface area contributed by atoms with Crippen molar-refractivity contribution in [1.29, 1.82) is 0 Å². The van der Waals surface area contributed by atoms with Crippen molar-refractivity contribution in [1.82, 2.24) is 0 Å². The van der Waals surface area contributed by atoms with Gasteiger partial charge in [-0.1, -0.05) is 35.9 Å². The average molecular weight is 567 g/mol. The summed E-state index contributed by atoms with van der Waals surface area (Å²) in [7, 11) is -4.43. The normalized spacial score (nSPS) is 14.4. The Morgan fingerprint density at radius 2 is 1.79 bits per heavy atom. The highest BCUT2D eigenvalue weighted by Crippen LogP contribution is 2.35. The van der Waals surface area contributed by atoms with E-state index < -0.39 is 50.3 Å². The Bertz CT molecular complexity index is 1490. The minimum absolute atomic E-state index is 0.165. The molecule has 0 fully saturated rings. The van der Waals surface area contributed by atoms with Crippen LogP contribution in [0, 0.1) is 0 Å². The number of rotatable bonds is 6. The third-order valence-electron chi connectivity index (χ3n) is 5.93. The van der Waals surface area contributed by atoms with Crippen molar-refractivity contribution in [2.75, 3.05) is 16.2 Å². The van der Waals surface area contributed by atoms with E-state index in [2.05, 4.69) is 0 Å². The second-order valence-corrected chi connectivity index (χ2v) is 10.7. The van der Waals surface area contributed by atoms with Gasteiger partial charge in [0.15, 0.2) is 6.10 Å². The molecule has 0 radical (unpaired) electrons. The molecule has 3 aromatic rings. The molecule has 1 aliphatic rings. The number of sulfonamides is 1. The fraction of sp³-hybridized carbons (Fsp3) is 0.231. The number of nitrogens with one attached hydrogen (secondary N) is 1. The van der Waals surface area contributed by atoms with E-state index in [0.717, 1.165) is 48.4 Å². The number of nitrogens with zero attached hydrogens (tertiary/aromatic N) is 1. The van der Waals surface area contributed by atoms with Crippen LogP contribution in [0.15, 0.2) is 71.6 Å². The molecule has 4 rings (SSSR count). The molecule has 38 heavy (non-hydrogen) atoms. The lowest BCUT2D eigenvalue weighted by molar-refractivity contribution is -0.137. The standard InChI is InChI=1S/C26H22ClF3N2O5S/c1-16(24(33)32-13-5-8-17-6-2-3-10-23(17)32)37-25(34)18-7-4-9-20(14-18)38(35,36)31-22-15-19(26(28,29)30)11-12-21(22)27/h2-4,6-7,9-12,14-16,31H,5,8,13H2,1H3/t16-/m1/s1. The van der Waals surface area contributed by atoms with Crippen LogP contribution in [0.3, 0.4) is 0 Å². The molecule has 0 spiro atoms. The molecule has 1 aliphatic heterocycles. The number of esters is 1. The number of carbonyl (C=O) groups is 2. The number of hydrogen-bond acceptors (Lipinski definition) is 5. The molecule has 0 saturated carbocycles. The fourth-order valence-corrected chi connectivity index (χ4v) is 5.37. The molecule has 1 N–H and O–H groups in total. The summed E-state index contributed by atoms with van der Waals surface area (Å²) < 4.78 is 72.3. The van der Waals surface area contributed by atoms with Crippen LogP contribution in [0.1, 0.15) is 34.8 Å². The number of alkyl halides is 3. The highest BCUT2D eigenvalue weighted by Gasteiger charge is 2.32. The number of aryl methyl sites for hydroxylation is 1. The van der Waals surface area contributed by atoms with Gasteiger partial charge in [0.1, 0.15) is 0 Å². The topological polar surface area (TPSA) is 92.8 Å². The second kappa shape index (κ2) is 10.7. The number of carbonyl (C=O) groups excluding carboxylic acids is 2. The SMILES string of the molecule is C[C@@H](OC(=O)c1cccc(S(=O)(=O)Nc2cc(C(F)(F)F)ccc2Cl)c1)C(=O)N1CCCc2ccccc21. The quantitative estimate of drug-likeness (QED) is 0.387. The number of benzene rings is 3. The molecular formula is C26H22ClF3N2O5S. The van der Waals surface area contributed by atoms with Gasteiger partial charge in [-0.25, -0.2) is 13.2 Å². The van der Waals surface area contributed by atoms with Crippen molar-refractivity contribution in [2.45, 2.75) is 36.9 Å². The highest BCUT2D eigenvalue weighted by molar-refractivity contribution is 7.92. The van der Waals surface area contributed by atoms with Crippen LogP contribution in [0.4, 0.5) is 24.5 Å². The number of anilines is 2. The number of halogens is 4. The van der Waals surface area contributed by atoms with Crippen molar-refractivity contribution < 1.29 is 35.9 Å². The predicted molar refractivity (Wildman–Crippen MR) is 136 cm³/mol. The molecular weight excluding hydrogens is 545 g/mol. The molecule has 1 atom stereocenters. The van der Waals surface area contributed by atoms with E-state index in [1.165, 1.54) is 19.1 Å². The van der Waals surface area contributed by atoms with Gasteiger partial charge in [-0.15, -0.1) is 0 Å². The summed E-state index contributed by atoms with van der Waals surface area (Å²) in [5, 5.41) is -0.247. The first kappa shape index (κ1) is 27.5. The number of amides is 1. The van der Waals surface area contributed by atoms with Gasteiger partial charge in [0, 0.05) is 12.2 Å². The maximum atomic E-state index is 13.1. The van der Waals surface area contributed by atoms with Crippen molar-refractivity contribution in [3.05, 3.63) is 88.4 Å². The first-order chi connectivity index (χ1) is 17.9. The van der Waals surface area contributed by atoms with Gasteiger partial charge in [0.25, 0.3) is 15.9 Å². The zero-order valence-corrected chi connectivity index (χ0v) is 21.5. The summed E-state index contributed by atoms with van der Waals surface area (Å²) in [5.74, 6) is -1.36. The summed E-state index contributed by atoms with van der Waals surface area (Å²) in [6, 6.07) is 14.4. The molecule has 0 bridgehead atoms. The van der Waals surface area contributed by atoms with Crippen LogP contribution in [0.2, 0.25) is 5.02 Å². The van der Waals surface area contributed by atoms with Crippen molar-refractivity contribution >= 4 is 44.9 Å². The van der Waals surface area contributed by atoms with Crippen LogP contribution >= 0.6 is 11.6 Å². The zero-order chi connectivity index (χ0) is 27.7. The number of fused-ring (bicyclic) bond motifs is 1. The Balaban J connectivity index is 1.50. The van der Waals surface area contributed by atoms with Crippen LogP contribution < -0.4 is 9.62 Å². The minimum Gasteiger partial charge on any atom is -0.449 e. The molecule has 12 heteroatoms. The van der Waals surface area contributed by atoms with Crippen molar-refractivity contribution in [3.8, 4) is 0 Å². The zero-order valence-electron chi connectivity index (χ0n) is 20.0. The van der Waals surface area contributed by atoms with E-state index in [4.69, 9.17) is 16.3 Å². The van der Waals surface area contributed by atoms with E-state index >= 15 is 0 Å². The first-order valence-corrected chi connectivity index (χ1v) is 13.3. The third-order valence-corrected chi connectivity index (χ3v) is 7.62. The van der Waals surface area contributed by atoms with Crippen molar-refractivity contribution in [3.63, 3.8) is 0 Å². The van der Waals surface area contributed by atoms with Crippen LogP contribution in [0.5, 0.6) is 0 Å². The van der Waals surface area contributed by atoms with Crippen molar-refractivity contribution in [2.24, 2.45) is 0 Å². The largest absolute Gasteiger partial charge is 0.449 e. The molecule has 0 unspecified atom stereocenters. The summed E-state index contributed by atoms with van der Waals surface area (Å²) in [5.41, 5.74) is 0.0279. The van der Waals surface area contributed by atoms with Gasteiger partial charge < -0.3 is 9.64 Å². The van der Waals surface area contributed by atoms with E-state index in [-0.39, 0.29) is 10.6 Å². The Kier molecular flexibility index (Phi) is 7.70. The Morgan fingerprint density at radius 3 is 2.53 bits per heavy atom. The summed E-state index contributed by atoms with van der Waals surface area (Å²) in [6.45, 7) is 1.89. The smallest absolute Gasteiger partial charge is 0.416 e. The molecule has 1 amide bonds. The maximum Gasteiger partial charge on any atom is 0.416 e. The molecule has 0 aromatic heterocycles. The number of ether oxygens (including phenoxy) is 1. The molecule has 7 nitrogen and oxygen atoms in total. The first-order valence-electron chi connectivity index (χ1n) is 11.5. The lowest BCUT2D eigenvalue weighted by Gasteiger charge is -2.31. The number of hydrogen-bond donors (Lipinski definition) is 1. The minimum atomic E-state index is -4.71. The summed E-state index contributed by atoms with van der Waals surface area (Å²) in [4.78, 5) is 27.0. The summed E-state index contributed by atoms with van der Waals surface area (Å²) in [6.07, 6.45) is -4.28. The van der Waals surface area contributed by atoms with Gasteiger partial charge in [-0.05, 0) is 67.8 Å². The Hall–Kier alpha value is -3.57. The van der Waals surface area contributed by atoms with E-state index in [0.29, 0.717) is 12.6 Å². The molecule has 0 aliphatic carbocycles. The average Bonchev–Trinajstić information content (AvgIpc) is 2.88. The molecule has 0 saturated heterocycles. The molecule has 200 valence electrons. The lowest BCUT2D eigenvalue weighted by atomic mass is 10.0. The Morgan fingerprint density at radius 1 is 1.05 bits per heavy atom. The Labute approximate surface area is 222 Å². The van der Waals surface area contributed by atoms with Gasteiger partial charge in [-0.2, -0.15) is 13.2 Å². The fourth-order valence-electron chi connectivity index (χ4n) is 4.03. The van der Waals surface area contributed by atoms with Gasteiger partial charge >= 0.3 is 12.1 Å². The second-order valence-electron chi connectivity index (χ2n) is 8.60. The van der Waals surface area contributed by atoms with Crippen LogP contribution in [-0.2, 0) is 32.2 Å².